The van der Waals surface area contributed by atoms with Crippen molar-refractivity contribution in [1.29, 1.82) is 0 Å². The van der Waals surface area contributed by atoms with Crippen LogP contribution in [0.5, 0.6) is 5.75 Å². The lowest BCUT2D eigenvalue weighted by atomic mass is 9.87. The van der Waals surface area contributed by atoms with Crippen LogP contribution in [0.1, 0.15) is 56.1 Å². The SMILES string of the molecule is C=C(OC(=O)c1ccc(C(C)(C)C)cc1)c1ccc(OC)cc1.CC. The zero-order valence-electron chi connectivity index (χ0n) is 16.1. The predicted molar refractivity (Wildman–Crippen MR) is 104 cm³/mol. The molecular weight excluding hydrogens is 312 g/mol. The Kier molecular flexibility index (Phi) is 7.43. The van der Waals surface area contributed by atoms with Crippen LogP contribution in [-0.4, -0.2) is 13.1 Å². The average molecular weight is 340 g/mol. The van der Waals surface area contributed by atoms with Crippen LogP contribution in [0, 0.1) is 0 Å². The number of rotatable bonds is 4. The van der Waals surface area contributed by atoms with E-state index in [0.717, 1.165) is 11.3 Å². The van der Waals surface area contributed by atoms with Crippen LogP contribution < -0.4 is 4.74 Å². The lowest BCUT2D eigenvalue weighted by molar-refractivity contribution is 0.0693. The summed E-state index contributed by atoms with van der Waals surface area (Å²) in [5, 5.41) is 0. The largest absolute Gasteiger partial charge is 0.497 e. The summed E-state index contributed by atoms with van der Waals surface area (Å²) in [5.74, 6) is 0.648. The van der Waals surface area contributed by atoms with Crippen molar-refractivity contribution in [2.24, 2.45) is 0 Å². The molecule has 134 valence electrons. The van der Waals surface area contributed by atoms with Crippen molar-refractivity contribution in [2.75, 3.05) is 7.11 Å². The fourth-order valence-electron chi connectivity index (χ4n) is 2.11. The Morgan fingerprint density at radius 1 is 0.880 bits per heavy atom. The standard InChI is InChI=1S/C20H22O3.C2H6/c1-14(15-8-12-18(22-5)13-9-15)23-19(21)16-6-10-17(11-7-16)20(2,3)4;1-2/h6-13H,1H2,2-5H3;1-2H3. The maximum atomic E-state index is 12.2. The molecule has 0 N–H and O–H groups in total. The lowest BCUT2D eigenvalue weighted by Crippen LogP contribution is -2.11. The molecule has 0 aliphatic carbocycles. The molecule has 0 aliphatic heterocycles. The molecule has 0 spiro atoms. The van der Waals surface area contributed by atoms with Crippen molar-refractivity contribution < 1.29 is 14.3 Å². The monoisotopic (exact) mass is 340 g/mol. The van der Waals surface area contributed by atoms with E-state index < -0.39 is 5.97 Å². The molecule has 0 aliphatic rings. The molecule has 25 heavy (non-hydrogen) atoms. The molecule has 2 aromatic carbocycles. The maximum absolute atomic E-state index is 12.2. The summed E-state index contributed by atoms with van der Waals surface area (Å²) >= 11 is 0. The van der Waals surface area contributed by atoms with Gasteiger partial charge < -0.3 is 9.47 Å². The fourth-order valence-corrected chi connectivity index (χ4v) is 2.11. The van der Waals surface area contributed by atoms with Gasteiger partial charge in [-0.3, -0.25) is 0 Å². The second-order valence-electron chi connectivity index (χ2n) is 6.37. The summed E-state index contributed by atoms with van der Waals surface area (Å²) in [5.41, 5.74) is 2.47. The van der Waals surface area contributed by atoms with Gasteiger partial charge in [0.15, 0.2) is 0 Å². The van der Waals surface area contributed by atoms with Crippen molar-refractivity contribution in [2.45, 2.75) is 40.0 Å². The highest BCUT2D eigenvalue weighted by Gasteiger charge is 2.15. The molecule has 3 nitrogen and oxygen atoms in total. The van der Waals surface area contributed by atoms with E-state index in [2.05, 4.69) is 27.4 Å². The van der Waals surface area contributed by atoms with Gasteiger partial charge in [0.1, 0.15) is 11.5 Å². The third kappa shape index (κ3) is 5.79. The maximum Gasteiger partial charge on any atom is 0.343 e. The van der Waals surface area contributed by atoms with Crippen LogP contribution in [-0.2, 0) is 10.2 Å². The Balaban J connectivity index is 0.00000151. The van der Waals surface area contributed by atoms with Gasteiger partial charge in [0.05, 0.1) is 12.7 Å². The first-order valence-electron chi connectivity index (χ1n) is 8.47. The molecule has 0 saturated carbocycles. The van der Waals surface area contributed by atoms with Gasteiger partial charge in [-0.05, 0) is 47.4 Å². The van der Waals surface area contributed by atoms with Gasteiger partial charge in [-0.2, -0.15) is 0 Å². The predicted octanol–water partition coefficient (Wildman–Crippen LogP) is 5.85. The minimum Gasteiger partial charge on any atom is -0.497 e. The summed E-state index contributed by atoms with van der Waals surface area (Å²) in [6.07, 6.45) is 0. The van der Waals surface area contributed by atoms with E-state index in [1.165, 1.54) is 5.56 Å². The van der Waals surface area contributed by atoms with E-state index in [1.807, 2.05) is 26.0 Å². The number of ether oxygens (including phenoxy) is 2. The molecule has 0 bridgehead atoms. The minimum absolute atomic E-state index is 0.0507. The Morgan fingerprint density at radius 3 is 1.80 bits per heavy atom. The van der Waals surface area contributed by atoms with Gasteiger partial charge in [-0.1, -0.05) is 53.3 Å². The van der Waals surface area contributed by atoms with Gasteiger partial charge in [0.25, 0.3) is 0 Å². The third-order valence-corrected chi connectivity index (χ3v) is 3.61. The first kappa shape index (κ1) is 20.5. The second-order valence-corrected chi connectivity index (χ2v) is 6.37. The highest BCUT2D eigenvalue weighted by atomic mass is 16.5. The van der Waals surface area contributed by atoms with Crippen molar-refractivity contribution in [3.05, 3.63) is 71.8 Å². The third-order valence-electron chi connectivity index (χ3n) is 3.61. The fraction of sp³-hybridized carbons (Fsp3) is 0.318. The molecule has 2 aromatic rings. The summed E-state index contributed by atoms with van der Waals surface area (Å²) in [6, 6.07) is 14.7. The van der Waals surface area contributed by atoms with Crippen LogP contribution in [0.25, 0.3) is 5.76 Å². The van der Waals surface area contributed by atoms with Gasteiger partial charge in [-0.15, -0.1) is 0 Å². The summed E-state index contributed by atoms with van der Waals surface area (Å²) in [7, 11) is 1.60. The summed E-state index contributed by atoms with van der Waals surface area (Å²) < 4.78 is 10.4. The molecule has 0 atom stereocenters. The quantitative estimate of drug-likeness (QED) is 0.517. The molecule has 0 saturated heterocycles. The minimum atomic E-state index is -0.411. The topological polar surface area (TPSA) is 35.5 Å². The van der Waals surface area contributed by atoms with Gasteiger partial charge in [-0.25, -0.2) is 4.79 Å². The molecule has 0 fully saturated rings. The first-order chi connectivity index (χ1) is 11.8. The average Bonchev–Trinajstić information content (AvgIpc) is 2.62. The normalized spacial score (nSPS) is 10.3. The van der Waals surface area contributed by atoms with Crippen LogP contribution >= 0.6 is 0 Å². The highest BCUT2D eigenvalue weighted by molar-refractivity contribution is 5.92. The smallest absolute Gasteiger partial charge is 0.343 e. The lowest BCUT2D eigenvalue weighted by Gasteiger charge is -2.19. The number of carbonyl (C=O) groups is 1. The van der Waals surface area contributed by atoms with E-state index in [0.29, 0.717) is 11.3 Å². The van der Waals surface area contributed by atoms with Crippen LogP contribution in [0.4, 0.5) is 0 Å². The molecule has 3 heteroatoms. The molecular formula is C22H28O3. The highest BCUT2D eigenvalue weighted by Crippen LogP contribution is 2.23. The number of methoxy groups -OCH3 is 1. The summed E-state index contributed by atoms with van der Waals surface area (Å²) in [4.78, 5) is 12.2. The van der Waals surface area contributed by atoms with Crippen molar-refractivity contribution in [3.8, 4) is 5.75 Å². The van der Waals surface area contributed by atoms with Gasteiger partial charge >= 0.3 is 5.97 Å². The molecule has 2 rings (SSSR count). The Morgan fingerprint density at radius 2 is 1.36 bits per heavy atom. The Hall–Kier alpha value is -2.55. The van der Waals surface area contributed by atoms with Crippen LogP contribution in [0.3, 0.4) is 0 Å². The van der Waals surface area contributed by atoms with Gasteiger partial charge in [0.2, 0.25) is 0 Å². The Labute approximate surface area is 151 Å². The Bertz CT molecular complexity index is 690. The van der Waals surface area contributed by atoms with E-state index >= 15 is 0 Å². The van der Waals surface area contributed by atoms with Gasteiger partial charge in [0, 0.05) is 5.56 Å². The molecule has 0 amide bonds. The second kappa shape index (κ2) is 9.07. The van der Waals surface area contributed by atoms with Crippen molar-refractivity contribution >= 4 is 11.7 Å². The number of carbonyl (C=O) groups excluding carboxylic acids is 1. The molecule has 0 aromatic heterocycles. The molecule has 0 radical (unpaired) electrons. The zero-order valence-corrected chi connectivity index (χ0v) is 16.1. The van der Waals surface area contributed by atoms with E-state index in [9.17, 15) is 4.79 Å². The van der Waals surface area contributed by atoms with E-state index in [-0.39, 0.29) is 5.41 Å². The summed E-state index contributed by atoms with van der Waals surface area (Å²) in [6.45, 7) is 14.2. The van der Waals surface area contributed by atoms with Crippen molar-refractivity contribution in [3.63, 3.8) is 0 Å². The number of esters is 1. The van der Waals surface area contributed by atoms with E-state index in [4.69, 9.17) is 9.47 Å². The van der Waals surface area contributed by atoms with E-state index in [1.54, 1.807) is 43.5 Å². The number of hydrogen-bond acceptors (Lipinski definition) is 3. The first-order valence-corrected chi connectivity index (χ1v) is 8.47. The zero-order chi connectivity index (χ0) is 19.0. The number of hydrogen-bond donors (Lipinski definition) is 0. The van der Waals surface area contributed by atoms with Crippen LogP contribution in [0.2, 0.25) is 0 Å². The number of benzene rings is 2. The van der Waals surface area contributed by atoms with Crippen LogP contribution in [0.15, 0.2) is 55.1 Å². The van der Waals surface area contributed by atoms with Crippen molar-refractivity contribution in [1.82, 2.24) is 0 Å². The molecule has 0 unspecified atom stereocenters. The molecule has 0 heterocycles.